The topological polar surface area (TPSA) is 25.2 Å². The first-order valence-corrected chi connectivity index (χ1v) is 6.89. The van der Waals surface area contributed by atoms with E-state index < -0.39 is 0 Å². The van der Waals surface area contributed by atoms with Crippen LogP contribution in [0.5, 0.6) is 0 Å². The predicted molar refractivity (Wildman–Crippen MR) is 71.0 cm³/mol. The van der Waals surface area contributed by atoms with Crippen molar-refractivity contribution in [1.82, 2.24) is 4.57 Å². The Labute approximate surface area is 105 Å². The van der Waals surface area contributed by atoms with E-state index in [0.29, 0.717) is 0 Å². The maximum atomic E-state index is 10.2. The van der Waals surface area contributed by atoms with E-state index >= 15 is 0 Å². The summed E-state index contributed by atoms with van der Waals surface area (Å²) in [6.45, 7) is 7.84. The Morgan fingerprint density at radius 2 is 2.18 bits per heavy atom. The molecule has 1 aliphatic rings. The van der Waals surface area contributed by atoms with Gasteiger partial charge in [-0.2, -0.15) is 0 Å². The van der Waals surface area contributed by atoms with Crippen LogP contribution in [0.1, 0.15) is 63.8 Å². The first kappa shape index (κ1) is 12.7. The zero-order valence-corrected chi connectivity index (χ0v) is 11.4. The minimum Gasteiger partial charge on any atom is -0.388 e. The maximum Gasteiger partial charge on any atom is 0.0812 e. The molecule has 1 unspecified atom stereocenters. The third-order valence-corrected chi connectivity index (χ3v) is 3.87. The number of unbranched alkanes of at least 4 members (excludes halogenated alkanes) is 2. The lowest BCUT2D eigenvalue weighted by Gasteiger charge is -2.34. The second-order valence-electron chi connectivity index (χ2n) is 6.18. The van der Waals surface area contributed by atoms with E-state index in [1.807, 2.05) is 0 Å². The highest BCUT2D eigenvalue weighted by atomic mass is 16.3. The lowest BCUT2D eigenvalue weighted by molar-refractivity contribution is 0.0979. The van der Waals surface area contributed by atoms with Crippen LogP contribution < -0.4 is 0 Å². The number of hydrogen-bond acceptors (Lipinski definition) is 1. The van der Waals surface area contributed by atoms with Crippen LogP contribution in [0, 0.1) is 5.41 Å². The molecule has 0 spiro atoms. The van der Waals surface area contributed by atoms with Crippen molar-refractivity contribution in [2.75, 3.05) is 0 Å². The molecule has 0 radical (unpaired) electrons. The van der Waals surface area contributed by atoms with Gasteiger partial charge in [0.2, 0.25) is 0 Å². The summed E-state index contributed by atoms with van der Waals surface area (Å²) >= 11 is 0. The van der Waals surface area contributed by atoms with Gasteiger partial charge in [-0.3, -0.25) is 0 Å². The largest absolute Gasteiger partial charge is 0.388 e. The molecule has 0 aliphatic heterocycles. The number of rotatable bonds is 4. The normalized spacial score (nSPS) is 22.5. The number of aryl methyl sites for hydroxylation is 1. The van der Waals surface area contributed by atoms with Crippen LogP contribution in [0.2, 0.25) is 0 Å². The van der Waals surface area contributed by atoms with E-state index in [-0.39, 0.29) is 11.5 Å². The summed E-state index contributed by atoms with van der Waals surface area (Å²) in [5.41, 5.74) is 2.76. The highest BCUT2D eigenvalue weighted by Gasteiger charge is 2.32. The zero-order chi connectivity index (χ0) is 12.5. The Bertz CT molecular complexity index is 378. The highest BCUT2D eigenvalue weighted by Crippen LogP contribution is 2.41. The third-order valence-electron chi connectivity index (χ3n) is 3.87. The number of hydrogen-bond donors (Lipinski definition) is 1. The molecule has 0 amide bonds. The van der Waals surface area contributed by atoms with Crippen molar-refractivity contribution in [3.63, 3.8) is 0 Å². The summed E-state index contributed by atoms with van der Waals surface area (Å²) in [6, 6.07) is 2.11. The number of aliphatic hydroxyl groups is 1. The van der Waals surface area contributed by atoms with Crippen LogP contribution in [-0.2, 0) is 13.0 Å². The van der Waals surface area contributed by atoms with E-state index in [0.717, 1.165) is 19.4 Å². The van der Waals surface area contributed by atoms with Crippen molar-refractivity contribution in [2.45, 2.75) is 65.5 Å². The van der Waals surface area contributed by atoms with Gasteiger partial charge >= 0.3 is 0 Å². The Morgan fingerprint density at radius 1 is 1.41 bits per heavy atom. The minimum atomic E-state index is -0.263. The van der Waals surface area contributed by atoms with Gasteiger partial charge < -0.3 is 9.67 Å². The van der Waals surface area contributed by atoms with Crippen molar-refractivity contribution in [1.29, 1.82) is 0 Å². The second-order valence-corrected chi connectivity index (χ2v) is 6.18. The highest BCUT2D eigenvalue weighted by molar-refractivity contribution is 5.29. The molecule has 2 nitrogen and oxygen atoms in total. The molecule has 0 saturated heterocycles. The monoisotopic (exact) mass is 235 g/mol. The Balaban J connectivity index is 2.16. The summed E-state index contributed by atoms with van der Waals surface area (Å²) in [5.74, 6) is 0. The first-order valence-electron chi connectivity index (χ1n) is 6.89. The Kier molecular flexibility index (Phi) is 3.62. The molecule has 1 atom stereocenters. The molecule has 0 aromatic carbocycles. The maximum absolute atomic E-state index is 10.2. The molecule has 0 saturated carbocycles. The average Bonchev–Trinajstić information content (AvgIpc) is 2.60. The third kappa shape index (κ3) is 2.74. The summed E-state index contributed by atoms with van der Waals surface area (Å²) < 4.78 is 2.36. The van der Waals surface area contributed by atoms with Crippen molar-refractivity contribution in [3.8, 4) is 0 Å². The summed E-state index contributed by atoms with van der Waals surface area (Å²) in [6.07, 6.45) is 7.67. The molecule has 0 bridgehead atoms. The molecule has 1 N–H and O–H groups in total. The Hall–Kier alpha value is -0.760. The number of fused-ring (bicyclic) bond motifs is 1. The van der Waals surface area contributed by atoms with Gasteiger partial charge in [0.1, 0.15) is 0 Å². The molecular formula is C15H25NO. The number of aliphatic hydroxyl groups excluding tert-OH is 1. The van der Waals surface area contributed by atoms with Crippen molar-refractivity contribution in [3.05, 3.63) is 23.5 Å². The van der Waals surface area contributed by atoms with Gasteiger partial charge in [-0.1, -0.05) is 33.6 Å². The molecule has 17 heavy (non-hydrogen) atoms. The average molecular weight is 235 g/mol. The van der Waals surface area contributed by atoms with Crippen molar-refractivity contribution in [2.24, 2.45) is 5.41 Å². The first-order chi connectivity index (χ1) is 8.03. The molecule has 1 aliphatic carbocycles. The Morgan fingerprint density at radius 3 is 2.88 bits per heavy atom. The summed E-state index contributed by atoms with van der Waals surface area (Å²) in [7, 11) is 0. The van der Waals surface area contributed by atoms with Gasteiger partial charge in [-0.05, 0) is 30.7 Å². The molecule has 1 aromatic rings. The minimum absolute atomic E-state index is 0.229. The standard InChI is InChI=1S/C15H25NO/c1-4-5-6-8-16-9-7-12-13(16)10-15(2,3)11-14(12)17/h7,9,14,17H,4-6,8,10-11H2,1-3H3. The van der Waals surface area contributed by atoms with Crippen molar-refractivity contribution >= 4 is 0 Å². The van der Waals surface area contributed by atoms with Gasteiger partial charge in [-0.15, -0.1) is 0 Å². The van der Waals surface area contributed by atoms with Gasteiger partial charge in [0.25, 0.3) is 0 Å². The van der Waals surface area contributed by atoms with E-state index in [9.17, 15) is 5.11 Å². The van der Waals surface area contributed by atoms with E-state index in [1.54, 1.807) is 0 Å². The van der Waals surface area contributed by atoms with Crippen molar-refractivity contribution < 1.29 is 5.11 Å². The van der Waals surface area contributed by atoms with Gasteiger partial charge in [0.15, 0.2) is 0 Å². The predicted octanol–water partition coefficient (Wildman–Crippen LogP) is 3.68. The van der Waals surface area contributed by atoms with Crippen LogP contribution in [-0.4, -0.2) is 9.67 Å². The smallest absolute Gasteiger partial charge is 0.0812 e. The fraction of sp³-hybridized carbons (Fsp3) is 0.733. The molecule has 0 fully saturated rings. The van der Waals surface area contributed by atoms with E-state index in [4.69, 9.17) is 0 Å². The van der Waals surface area contributed by atoms with E-state index in [1.165, 1.54) is 30.5 Å². The van der Waals surface area contributed by atoms with Crippen LogP contribution in [0.15, 0.2) is 12.3 Å². The molecule has 1 aromatic heterocycles. The van der Waals surface area contributed by atoms with Gasteiger partial charge in [-0.25, -0.2) is 0 Å². The SMILES string of the molecule is CCCCCn1ccc2c1CC(C)(C)CC2O. The molecule has 96 valence electrons. The molecule has 2 heteroatoms. The van der Waals surface area contributed by atoms with Crippen LogP contribution >= 0.6 is 0 Å². The quantitative estimate of drug-likeness (QED) is 0.791. The van der Waals surface area contributed by atoms with Crippen LogP contribution in [0.4, 0.5) is 0 Å². The van der Waals surface area contributed by atoms with Gasteiger partial charge in [0, 0.05) is 24.0 Å². The van der Waals surface area contributed by atoms with E-state index in [2.05, 4.69) is 37.6 Å². The fourth-order valence-electron chi connectivity index (χ4n) is 2.93. The zero-order valence-electron chi connectivity index (χ0n) is 11.4. The molecule has 2 rings (SSSR count). The summed E-state index contributed by atoms with van der Waals surface area (Å²) in [5, 5.41) is 10.2. The molecule has 1 heterocycles. The number of nitrogens with zero attached hydrogens (tertiary/aromatic N) is 1. The molecular weight excluding hydrogens is 210 g/mol. The van der Waals surface area contributed by atoms with Crippen LogP contribution in [0.25, 0.3) is 0 Å². The second kappa shape index (κ2) is 4.85. The lowest BCUT2D eigenvalue weighted by atomic mass is 9.75. The lowest BCUT2D eigenvalue weighted by Crippen LogP contribution is -2.26. The number of aromatic nitrogens is 1. The fourth-order valence-corrected chi connectivity index (χ4v) is 2.93. The van der Waals surface area contributed by atoms with Gasteiger partial charge in [0.05, 0.1) is 6.10 Å². The van der Waals surface area contributed by atoms with Crippen LogP contribution in [0.3, 0.4) is 0 Å². The summed E-state index contributed by atoms with van der Waals surface area (Å²) in [4.78, 5) is 0.